The highest BCUT2D eigenvalue weighted by Crippen LogP contribution is 2.36. The molecule has 0 saturated heterocycles. The van der Waals surface area contributed by atoms with Crippen molar-refractivity contribution in [1.29, 1.82) is 0 Å². The highest BCUT2D eigenvalue weighted by molar-refractivity contribution is 5.62. The monoisotopic (exact) mass is 267 g/mol. The number of nitrogens with one attached hydrogen (secondary N) is 1. The molecule has 1 aliphatic rings. The second kappa shape index (κ2) is 4.38. The minimum atomic E-state index is -4.37. The first-order chi connectivity index (χ1) is 9.07. The molecule has 1 aromatic carbocycles. The molecule has 1 aliphatic heterocycles. The lowest BCUT2D eigenvalue weighted by Gasteiger charge is -2.19. The Morgan fingerprint density at radius 3 is 2.79 bits per heavy atom. The van der Waals surface area contributed by atoms with E-state index >= 15 is 0 Å². The Bertz CT molecular complexity index is 601. The summed E-state index contributed by atoms with van der Waals surface area (Å²) in [6.07, 6.45) is -2.73. The summed E-state index contributed by atoms with van der Waals surface area (Å²) in [6.45, 7) is 2.02. The molecule has 0 spiro atoms. The van der Waals surface area contributed by atoms with Crippen LogP contribution in [0, 0.1) is 0 Å². The molecule has 0 atom stereocenters. The Morgan fingerprint density at radius 1 is 1.21 bits per heavy atom. The molecule has 1 aromatic heterocycles. The van der Waals surface area contributed by atoms with E-state index in [-0.39, 0.29) is 5.56 Å². The normalized spacial score (nSPS) is 15.3. The van der Waals surface area contributed by atoms with E-state index in [0.29, 0.717) is 18.9 Å². The van der Waals surface area contributed by atoms with Gasteiger partial charge >= 0.3 is 6.18 Å². The molecule has 0 aliphatic carbocycles. The third kappa shape index (κ3) is 2.12. The van der Waals surface area contributed by atoms with Crippen LogP contribution in [0.15, 0.2) is 30.5 Å². The molecule has 2 heterocycles. The summed E-state index contributed by atoms with van der Waals surface area (Å²) in [7, 11) is 0. The average Bonchev–Trinajstić information content (AvgIpc) is 2.81. The van der Waals surface area contributed by atoms with E-state index in [0.717, 1.165) is 18.3 Å². The Kier molecular flexibility index (Phi) is 2.82. The number of alkyl halides is 3. The van der Waals surface area contributed by atoms with Gasteiger partial charge in [0.15, 0.2) is 0 Å². The third-order valence-electron chi connectivity index (χ3n) is 3.23. The van der Waals surface area contributed by atoms with Gasteiger partial charge in [-0.3, -0.25) is 0 Å². The largest absolute Gasteiger partial charge is 0.417 e. The van der Waals surface area contributed by atoms with Crippen LogP contribution < -0.4 is 5.32 Å². The van der Waals surface area contributed by atoms with Gasteiger partial charge < -0.3 is 9.88 Å². The zero-order valence-corrected chi connectivity index (χ0v) is 10.0. The first-order valence-corrected chi connectivity index (χ1v) is 5.99. The highest BCUT2D eigenvalue weighted by atomic mass is 19.4. The molecular weight excluding hydrogens is 255 g/mol. The van der Waals surface area contributed by atoms with Crippen molar-refractivity contribution < 1.29 is 13.2 Å². The first-order valence-electron chi connectivity index (χ1n) is 5.99. The lowest BCUT2D eigenvalue weighted by atomic mass is 10.1. The summed E-state index contributed by atoms with van der Waals surface area (Å²) in [6, 6.07) is 5.57. The molecule has 0 radical (unpaired) electrons. The SMILES string of the molecule is FC(F)(F)c1ccccc1-c1ncc2n1CCNC2. The van der Waals surface area contributed by atoms with Gasteiger partial charge in [-0.25, -0.2) is 4.98 Å². The molecule has 0 bridgehead atoms. The molecule has 3 nitrogen and oxygen atoms in total. The zero-order chi connectivity index (χ0) is 13.5. The number of rotatable bonds is 1. The maximum Gasteiger partial charge on any atom is 0.417 e. The van der Waals surface area contributed by atoms with Crippen LogP contribution in [-0.4, -0.2) is 16.1 Å². The Hall–Kier alpha value is -1.82. The fraction of sp³-hybridized carbons (Fsp3) is 0.308. The molecule has 3 rings (SSSR count). The molecule has 6 heteroatoms. The van der Waals surface area contributed by atoms with E-state index < -0.39 is 11.7 Å². The lowest BCUT2D eigenvalue weighted by Crippen LogP contribution is -2.28. The number of hydrogen-bond donors (Lipinski definition) is 1. The molecule has 0 fully saturated rings. The number of aromatic nitrogens is 2. The van der Waals surface area contributed by atoms with Gasteiger partial charge in [0.1, 0.15) is 5.82 Å². The van der Waals surface area contributed by atoms with Crippen molar-refractivity contribution in [2.24, 2.45) is 0 Å². The van der Waals surface area contributed by atoms with Gasteiger partial charge in [-0.2, -0.15) is 13.2 Å². The number of hydrogen-bond acceptors (Lipinski definition) is 2. The smallest absolute Gasteiger partial charge is 0.326 e. The second-order valence-corrected chi connectivity index (χ2v) is 4.44. The van der Waals surface area contributed by atoms with Gasteiger partial charge in [0.05, 0.1) is 17.5 Å². The number of nitrogens with zero attached hydrogens (tertiary/aromatic N) is 2. The number of imidazole rings is 1. The first kappa shape index (κ1) is 12.2. The van der Waals surface area contributed by atoms with E-state index in [9.17, 15) is 13.2 Å². The summed E-state index contributed by atoms with van der Waals surface area (Å²) < 4.78 is 40.9. The number of fused-ring (bicyclic) bond motifs is 1. The molecule has 19 heavy (non-hydrogen) atoms. The summed E-state index contributed by atoms with van der Waals surface area (Å²) in [4.78, 5) is 4.17. The van der Waals surface area contributed by atoms with Crippen molar-refractivity contribution in [3.8, 4) is 11.4 Å². The van der Waals surface area contributed by atoms with Crippen molar-refractivity contribution in [2.75, 3.05) is 6.54 Å². The van der Waals surface area contributed by atoms with Crippen LogP contribution in [0.4, 0.5) is 13.2 Å². The van der Waals surface area contributed by atoms with Crippen LogP contribution in [-0.2, 0) is 19.3 Å². The summed E-state index contributed by atoms with van der Waals surface area (Å²) in [5.74, 6) is 0.393. The maximum absolute atomic E-state index is 13.0. The van der Waals surface area contributed by atoms with Gasteiger partial charge in [0.2, 0.25) is 0 Å². The predicted molar refractivity (Wildman–Crippen MR) is 64.4 cm³/mol. The van der Waals surface area contributed by atoms with Crippen LogP contribution in [0.2, 0.25) is 0 Å². The van der Waals surface area contributed by atoms with Crippen LogP contribution in [0.25, 0.3) is 11.4 Å². The maximum atomic E-state index is 13.0. The van der Waals surface area contributed by atoms with Crippen LogP contribution >= 0.6 is 0 Å². The standard InChI is InChI=1S/C13H12F3N3/c14-13(15,16)11-4-2-1-3-10(11)12-18-8-9-7-17-5-6-19(9)12/h1-4,8,17H,5-7H2. The second-order valence-electron chi connectivity index (χ2n) is 4.44. The van der Waals surface area contributed by atoms with E-state index in [2.05, 4.69) is 10.3 Å². The molecular formula is C13H12F3N3. The Labute approximate surface area is 108 Å². The predicted octanol–water partition coefficient (Wildman–Crippen LogP) is 2.67. The fourth-order valence-electron chi connectivity index (χ4n) is 2.35. The molecule has 2 aromatic rings. The third-order valence-corrected chi connectivity index (χ3v) is 3.23. The minimum absolute atomic E-state index is 0.142. The molecule has 0 saturated carbocycles. The average molecular weight is 267 g/mol. The lowest BCUT2D eigenvalue weighted by molar-refractivity contribution is -0.137. The number of halogens is 3. The van der Waals surface area contributed by atoms with Crippen molar-refractivity contribution in [2.45, 2.75) is 19.3 Å². The van der Waals surface area contributed by atoms with Crippen LogP contribution in [0.5, 0.6) is 0 Å². The summed E-state index contributed by atoms with van der Waals surface area (Å²) >= 11 is 0. The van der Waals surface area contributed by atoms with Gasteiger partial charge in [0.25, 0.3) is 0 Å². The number of benzene rings is 1. The van der Waals surface area contributed by atoms with Gasteiger partial charge in [-0.15, -0.1) is 0 Å². The van der Waals surface area contributed by atoms with Crippen molar-refractivity contribution in [3.05, 3.63) is 41.7 Å². The van der Waals surface area contributed by atoms with E-state index in [1.165, 1.54) is 12.1 Å². The van der Waals surface area contributed by atoms with Gasteiger partial charge in [-0.05, 0) is 6.07 Å². The quantitative estimate of drug-likeness (QED) is 0.861. The van der Waals surface area contributed by atoms with Gasteiger partial charge in [0, 0.05) is 25.2 Å². The van der Waals surface area contributed by atoms with Crippen LogP contribution in [0.3, 0.4) is 0 Å². The van der Waals surface area contributed by atoms with E-state index in [1.807, 2.05) is 4.57 Å². The minimum Gasteiger partial charge on any atom is -0.326 e. The topological polar surface area (TPSA) is 29.9 Å². The van der Waals surface area contributed by atoms with E-state index in [4.69, 9.17) is 0 Å². The Morgan fingerprint density at radius 2 is 2.00 bits per heavy atom. The summed E-state index contributed by atoms with van der Waals surface area (Å²) in [5, 5.41) is 3.17. The summed E-state index contributed by atoms with van der Waals surface area (Å²) in [5.41, 5.74) is 0.420. The molecule has 1 N–H and O–H groups in total. The van der Waals surface area contributed by atoms with Crippen molar-refractivity contribution in [3.63, 3.8) is 0 Å². The Balaban J connectivity index is 2.15. The van der Waals surface area contributed by atoms with Crippen molar-refractivity contribution >= 4 is 0 Å². The molecule has 100 valence electrons. The fourth-order valence-corrected chi connectivity index (χ4v) is 2.35. The van der Waals surface area contributed by atoms with Crippen LogP contribution in [0.1, 0.15) is 11.3 Å². The zero-order valence-electron chi connectivity index (χ0n) is 10.0. The molecule has 0 unspecified atom stereocenters. The van der Waals surface area contributed by atoms with Crippen molar-refractivity contribution in [1.82, 2.24) is 14.9 Å². The molecule has 0 amide bonds. The van der Waals surface area contributed by atoms with E-state index in [1.54, 1.807) is 12.3 Å². The van der Waals surface area contributed by atoms with Gasteiger partial charge in [-0.1, -0.05) is 18.2 Å². The highest BCUT2D eigenvalue weighted by Gasteiger charge is 2.34.